The molecule has 0 bridgehead atoms. The number of para-hydroxylation sites is 1. The van der Waals surface area contributed by atoms with Crippen LogP contribution in [0.15, 0.2) is 53.7 Å². The summed E-state index contributed by atoms with van der Waals surface area (Å²) in [5.74, 6) is 1.62. The van der Waals surface area contributed by atoms with Crippen molar-refractivity contribution >= 4 is 17.4 Å². The summed E-state index contributed by atoms with van der Waals surface area (Å²) in [6.45, 7) is 2.16. The molecule has 2 aromatic carbocycles. The number of hydrogen-bond acceptors (Lipinski definition) is 7. The molecule has 1 aliphatic heterocycles. The van der Waals surface area contributed by atoms with E-state index in [1.165, 1.54) is 0 Å². The zero-order valence-corrected chi connectivity index (χ0v) is 15.7. The van der Waals surface area contributed by atoms with Crippen LogP contribution in [0.4, 0.5) is 5.69 Å². The molecular weight excluding hydrogens is 360 g/mol. The Morgan fingerprint density at radius 1 is 1.11 bits per heavy atom. The van der Waals surface area contributed by atoms with Gasteiger partial charge in [0.2, 0.25) is 11.0 Å². The third-order valence-electron chi connectivity index (χ3n) is 4.26. The van der Waals surface area contributed by atoms with Gasteiger partial charge in [-0.15, -0.1) is 10.2 Å². The normalized spacial score (nSPS) is 15.1. The van der Waals surface area contributed by atoms with Crippen molar-refractivity contribution in [2.45, 2.75) is 31.1 Å². The molecule has 6 nitrogen and oxygen atoms in total. The number of nitrogens with zero attached hydrogens (tertiary/aromatic N) is 3. The summed E-state index contributed by atoms with van der Waals surface area (Å²) >= 11 is 1.59. The number of nitrogens with one attached hydrogen (secondary N) is 1. The Labute approximate surface area is 162 Å². The monoisotopic (exact) mass is 380 g/mol. The van der Waals surface area contributed by atoms with Crippen LogP contribution in [0.1, 0.15) is 31.6 Å². The maximum absolute atomic E-state index is 9.57. The number of phenolic OH excluding ortho intramolecular Hbond substituents is 1. The molecule has 0 spiro atoms. The summed E-state index contributed by atoms with van der Waals surface area (Å²) in [6, 6.07) is 14.8. The molecule has 0 fully saturated rings. The first-order valence-corrected chi connectivity index (χ1v) is 9.92. The standard InChI is InChI=1S/C20H20N4O2S/c1-2-3-12-27-20-22-19-17(23-24-20)15-6-4-5-7-16(15)21-18(26-19)13-8-10-14(25)11-9-13/h4-11,18,21,25H,2-3,12H2,1H3. The van der Waals surface area contributed by atoms with Crippen LogP contribution in [0, 0.1) is 0 Å². The number of fused-ring (bicyclic) bond motifs is 3. The van der Waals surface area contributed by atoms with Gasteiger partial charge in [-0.25, -0.2) is 0 Å². The zero-order chi connectivity index (χ0) is 18.6. The van der Waals surface area contributed by atoms with Gasteiger partial charge in [0.25, 0.3) is 0 Å². The summed E-state index contributed by atoms with van der Waals surface area (Å²) in [4.78, 5) is 4.62. The molecule has 0 saturated carbocycles. The fourth-order valence-corrected chi connectivity index (χ4v) is 3.68. The first-order valence-electron chi connectivity index (χ1n) is 8.93. The van der Waals surface area contributed by atoms with Crippen molar-refractivity contribution in [3.8, 4) is 22.9 Å². The molecule has 0 amide bonds. The van der Waals surface area contributed by atoms with Crippen molar-refractivity contribution in [1.29, 1.82) is 0 Å². The van der Waals surface area contributed by atoms with E-state index < -0.39 is 6.23 Å². The number of rotatable bonds is 5. The predicted octanol–water partition coefficient (Wildman–Crippen LogP) is 4.64. The van der Waals surface area contributed by atoms with Crippen LogP contribution >= 0.6 is 11.8 Å². The summed E-state index contributed by atoms with van der Waals surface area (Å²) in [7, 11) is 0. The number of unbranched alkanes of at least 4 members (excludes halogenated alkanes) is 1. The second kappa shape index (κ2) is 7.84. The van der Waals surface area contributed by atoms with Crippen LogP contribution in [0.5, 0.6) is 11.6 Å². The lowest BCUT2D eigenvalue weighted by molar-refractivity contribution is 0.225. The topological polar surface area (TPSA) is 80.2 Å². The molecule has 3 aromatic rings. The largest absolute Gasteiger partial charge is 0.508 e. The highest BCUT2D eigenvalue weighted by Gasteiger charge is 2.25. The van der Waals surface area contributed by atoms with E-state index in [2.05, 4.69) is 27.4 Å². The van der Waals surface area contributed by atoms with Gasteiger partial charge in [0, 0.05) is 22.6 Å². The number of benzene rings is 2. The van der Waals surface area contributed by atoms with Gasteiger partial charge in [0.15, 0.2) is 11.9 Å². The molecule has 0 aliphatic carbocycles. The Morgan fingerprint density at radius 2 is 1.93 bits per heavy atom. The van der Waals surface area contributed by atoms with E-state index in [0.717, 1.165) is 35.4 Å². The van der Waals surface area contributed by atoms with Crippen molar-refractivity contribution in [3.05, 3.63) is 54.1 Å². The first-order chi connectivity index (χ1) is 13.2. The SMILES string of the molecule is CCCCSc1nnc2c(n1)OC(c1ccc(O)cc1)Nc1ccccc1-2. The molecule has 1 aliphatic rings. The van der Waals surface area contributed by atoms with E-state index in [9.17, 15) is 5.11 Å². The van der Waals surface area contributed by atoms with Crippen LogP contribution in [0.2, 0.25) is 0 Å². The molecule has 7 heteroatoms. The van der Waals surface area contributed by atoms with Crippen molar-refractivity contribution in [3.63, 3.8) is 0 Å². The first kappa shape index (κ1) is 17.6. The number of ether oxygens (including phenoxy) is 1. The third kappa shape index (κ3) is 3.83. The van der Waals surface area contributed by atoms with Crippen LogP contribution in [-0.2, 0) is 0 Å². The van der Waals surface area contributed by atoms with Crippen molar-refractivity contribution in [2.75, 3.05) is 11.1 Å². The maximum Gasteiger partial charge on any atom is 0.247 e. The van der Waals surface area contributed by atoms with Gasteiger partial charge in [-0.1, -0.05) is 43.3 Å². The lowest BCUT2D eigenvalue weighted by Gasteiger charge is -2.19. The lowest BCUT2D eigenvalue weighted by atomic mass is 10.1. The number of anilines is 1. The molecule has 0 saturated heterocycles. The Balaban J connectivity index is 1.73. The second-order valence-corrected chi connectivity index (χ2v) is 7.29. The van der Waals surface area contributed by atoms with Crippen LogP contribution in [0.3, 0.4) is 0 Å². The number of aromatic nitrogens is 3. The molecule has 1 unspecified atom stereocenters. The van der Waals surface area contributed by atoms with E-state index in [4.69, 9.17) is 4.74 Å². The van der Waals surface area contributed by atoms with Gasteiger partial charge in [0.1, 0.15) is 5.75 Å². The molecular formula is C20H20N4O2S. The average Bonchev–Trinajstić information content (AvgIpc) is 2.85. The molecule has 4 rings (SSSR count). The van der Waals surface area contributed by atoms with Crippen LogP contribution < -0.4 is 10.1 Å². The summed E-state index contributed by atoms with van der Waals surface area (Å²) in [5, 5.41) is 22.3. The highest BCUT2D eigenvalue weighted by atomic mass is 32.2. The Hall–Kier alpha value is -2.80. The van der Waals surface area contributed by atoms with Crippen molar-refractivity contribution < 1.29 is 9.84 Å². The summed E-state index contributed by atoms with van der Waals surface area (Å²) in [6.07, 6.45) is 1.78. The molecule has 1 atom stereocenters. The number of phenols is 1. The maximum atomic E-state index is 9.57. The van der Waals surface area contributed by atoms with E-state index in [0.29, 0.717) is 16.7 Å². The Kier molecular flexibility index (Phi) is 5.11. The van der Waals surface area contributed by atoms with Crippen LogP contribution in [-0.4, -0.2) is 26.0 Å². The van der Waals surface area contributed by atoms with E-state index in [1.54, 1.807) is 23.9 Å². The highest BCUT2D eigenvalue weighted by molar-refractivity contribution is 7.99. The van der Waals surface area contributed by atoms with Gasteiger partial charge < -0.3 is 15.2 Å². The molecule has 1 aromatic heterocycles. The molecule has 138 valence electrons. The quantitative estimate of drug-likeness (QED) is 0.493. The summed E-state index contributed by atoms with van der Waals surface area (Å²) < 4.78 is 6.19. The fourth-order valence-electron chi connectivity index (χ4n) is 2.82. The lowest BCUT2D eigenvalue weighted by Crippen LogP contribution is -2.17. The Morgan fingerprint density at radius 3 is 2.74 bits per heavy atom. The minimum absolute atomic E-state index is 0.215. The predicted molar refractivity (Wildman–Crippen MR) is 106 cm³/mol. The number of hydrogen-bond donors (Lipinski definition) is 2. The van der Waals surface area contributed by atoms with Gasteiger partial charge in [-0.2, -0.15) is 4.98 Å². The molecule has 2 heterocycles. The third-order valence-corrected chi connectivity index (χ3v) is 5.18. The second-order valence-electron chi connectivity index (χ2n) is 6.23. The summed E-state index contributed by atoms with van der Waals surface area (Å²) in [5.41, 5.74) is 3.31. The molecule has 0 radical (unpaired) electrons. The van der Waals surface area contributed by atoms with E-state index in [-0.39, 0.29) is 5.75 Å². The van der Waals surface area contributed by atoms with E-state index in [1.807, 2.05) is 36.4 Å². The van der Waals surface area contributed by atoms with Gasteiger partial charge in [0.05, 0.1) is 0 Å². The zero-order valence-electron chi connectivity index (χ0n) is 14.9. The average molecular weight is 380 g/mol. The van der Waals surface area contributed by atoms with Crippen molar-refractivity contribution in [1.82, 2.24) is 15.2 Å². The van der Waals surface area contributed by atoms with Crippen LogP contribution in [0.25, 0.3) is 11.3 Å². The number of thioether (sulfide) groups is 1. The van der Waals surface area contributed by atoms with Crippen molar-refractivity contribution in [2.24, 2.45) is 0 Å². The van der Waals surface area contributed by atoms with Gasteiger partial charge in [-0.3, -0.25) is 0 Å². The highest BCUT2D eigenvalue weighted by Crippen LogP contribution is 2.39. The smallest absolute Gasteiger partial charge is 0.247 e. The minimum Gasteiger partial charge on any atom is -0.508 e. The minimum atomic E-state index is -0.446. The molecule has 2 N–H and O–H groups in total. The van der Waals surface area contributed by atoms with Gasteiger partial charge in [-0.05, 0) is 36.8 Å². The number of aromatic hydroxyl groups is 1. The van der Waals surface area contributed by atoms with Gasteiger partial charge >= 0.3 is 0 Å². The Bertz CT molecular complexity index is 934. The van der Waals surface area contributed by atoms with E-state index >= 15 is 0 Å². The molecule has 27 heavy (non-hydrogen) atoms. The fraction of sp³-hybridized carbons (Fsp3) is 0.250.